The summed E-state index contributed by atoms with van der Waals surface area (Å²) in [5.41, 5.74) is 2.11. The number of fused-ring (bicyclic) bond motifs is 1. The van der Waals surface area contributed by atoms with Gasteiger partial charge in [-0.25, -0.2) is 9.67 Å². The van der Waals surface area contributed by atoms with Crippen molar-refractivity contribution in [3.63, 3.8) is 0 Å². The number of rotatable bonds is 2. The van der Waals surface area contributed by atoms with Gasteiger partial charge in [0.15, 0.2) is 11.2 Å². The minimum Gasteiger partial charge on any atom is -0.259 e. The van der Waals surface area contributed by atoms with Gasteiger partial charge in [0, 0.05) is 6.20 Å². The van der Waals surface area contributed by atoms with Gasteiger partial charge in [-0.05, 0) is 30.7 Å². The maximum absolute atomic E-state index is 5.79. The Labute approximate surface area is 108 Å². The number of hydrogen-bond donors (Lipinski definition) is 0. The van der Waals surface area contributed by atoms with Crippen molar-refractivity contribution in [3.8, 4) is 0 Å². The lowest BCUT2D eigenvalue weighted by atomic mass is 10.2. The Hall–Kier alpha value is -2.08. The minimum absolute atomic E-state index is 0.0674. The van der Waals surface area contributed by atoms with E-state index in [1.807, 2.05) is 25.1 Å². The van der Waals surface area contributed by atoms with Gasteiger partial charge in [-0.1, -0.05) is 11.3 Å². The van der Waals surface area contributed by atoms with E-state index in [0.717, 1.165) is 5.69 Å². The third kappa shape index (κ3) is 1.80. The van der Waals surface area contributed by atoms with Gasteiger partial charge in [-0.15, -0.1) is 5.10 Å². The number of halogens is 1. The second-order valence-electron chi connectivity index (χ2n) is 3.81. The largest absolute Gasteiger partial charge is 0.259 e. The summed E-state index contributed by atoms with van der Waals surface area (Å²) in [6.45, 7) is 1.98. The van der Waals surface area contributed by atoms with Crippen LogP contribution in [-0.2, 0) is 0 Å². The van der Waals surface area contributed by atoms with Gasteiger partial charge in [0.25, 0.3) is 0 Å². The number of nitrogens with zero attached hydrogens (tertiary/aromatic N) is 6. The lowest BCUT2D eigenvalue weighted by molar-refractivity contribution is 0.544. The molecule has 6 nitrogen and oxygen atoms in total. The molecule has 0 radical (unpaired) electrons. The average Bonchev–Trinajstić information content (AvgIpc) is 2.82. The summed E-state index contributed by atoms with van der Waals surface area (Å²) in [6.07, 6.45) is 3.30. The Morgan fingerprint density at radius 2 is 2.17 bits per heavy atom. The molecule has 0 N–H and O–H groups in total. The van der Waals surface area contributed by atoms with Crippen molar-refractivity contribution >= 4 is 22.8 Å². The SMILES string of the molecule is C[C@H](c1ccccn1)n1nnc2cnc(Cl)nc21. The highest BCUT2D eigenvalue weighted by Crippen LogP contribution is 2.19. The van der Waals surface area contributed by atoms with E-state index in [4.69, 9.17) is 11.6 Å². The first-order chi connectivity index (χ1) is 8.75. The Balaban J connectivity index is 2.12. The molecular weight excluding hydrogens is 252 g/mol. The number of hydrogen-bond acceptors (Lipinski definition) is 5. The molecule has 0 aliphatic rings. The maximum atomic E-state index is 5.79. The highest BCUT2D eigenvalue weighted by Gasteiger charge is 2.15. The van der Waals surface area contributed by atoms with Crippen LogP contribution in [0.2, 0.25) is 5.28 Å². The van der Waals surface area contributed by atoms with Crippen LogP contribution in [0.1, 0.15) is 18.7 Å². The van der Waals surface area contributed by atoms with Gasteiger partial charge in [0.05, 0.1) is 17.9 Å². The van der Waals surface area contributed by atoms with Crippen LogP contribution in [0.5, 0.6) is 0 Å². The third-order valence-electron chi connectivity index (χ3n) is 2.67. The van der Waals surface area contributed by atoms with Crippen molar-refractivity contribution in [1.82, 2.24) is 29.9 Å². The molecule has 1 atom stereocenters. The van der Waals surface area contributed by atoms with Gasteiger partial charge in [0.1, 0.15) is 0 Å². The first-order valence-corrected chi connectivity index (χ1v) is 5.78. The molecule has 90 valence electrons. The van der Waals surface area contributed by atoms with Crippen LogP contribution < -0.4 is 0 Å². The highest BCUT2D eigenvalue weighted by molar-refractivity contribution is 6.28. The van der Waals surface area contributed by atoms with Crippen LogP contribution in [0, 0.1) is 0 Å². The third-order valence-corrected chi connectivity index (χ3v) is 2.85. The molecule has 3 rings (SSSR count). The molecule has 0 aliphatic carbocycles. The Kier molecular flexibility index (Phi) is 2.64. The minimum atomic E-state index is -0.0674. The van der Waals surface area contributed by atoms with Crippen LogP contribution >= 0.6 is 11.6 Å². The van der Waals surface area contributed by atoms with Crippen molar-refractivity contribution in [2.75, 3.05) is 0 Å². The predicted molar refractivity (Wildman–Crippen MR) is 66.2 cm³/mol. The van der Waals surface area contributed by atoms with Crippen LogP contribution in [-0.4, -0.2) is 29.9 Å². The van der Waals surface area contributed by atoms with Crippen molar-refractivity contribution in [2.24, 2.45) is 0 Å². The van der Waals surface area contributed by atoms with E-state index in [1.54, 1.807) is 17.1 Å². The monoisotopic (exact) mass is 260 g/mol. The van der Waals surface area contributed by atoms with Crippen molar-refractivity contribution in [1.29, 1.82) is 0 Å². The lowest BCUT2D eigenvalue weighted by Crippen LogP contribution is -2.10. The van der Waals surface area contributed by atoms with Gasteiger partial charge >= 0.3 is 0 Å². The zero-order valence-corrected chi connectivity index (χ0v) is 10.3. The van der Waals surface area contributed by atoms with Crippen molar-refractivity contribution < 1.29 is 0 Å². The van der Waals surface area contributed by atoms with Crippen molar-refractivity contribution in [2.45, 2.75) is 13.0 Å². The van der Waals surface area contributed by atoms with Crippen LogP contribution in [0.4, 0.5) is 0 Å². The van der Waals surface area contributed by atoms with Gasteiger partial charge in [-0.3, -0.25) is 4.98 Å². The molecule has 0 bridgehead atoms. The molecule has 3 heterocycles. The van der Waals surface area contributed by atoms with E-state index < -0.39 is 0 Å². The van der Waals surface area contributed by atoms with Crippen LogP contribution in [0.3, 0.4) is 0 Å². The molecule has 0 amide bonds. The zero-order valence-electron chi connectivity index (χ0n) is 9.53. The molecular formula is C11H9ClN6. The molecule has 0 fully saturated rings. The fourth-order valence-electron chi connectivity index (χ4n) is 1.73. The molecule has 7 heteroatoms. The molecule has 3 aromatic heterocycles. The maximum Gasteiger partial charge on any atom is 0.224 e. The summed E-state index contributed by atoms with van der Waals surface area (Å²) in [6, 6.07) is 5.66. The second kappa shape index (κ2) is 4.30. The fourth-order valence-corrected chi connectivity index (χ4v) is 1.86. The van der Waals surface area contributed by atoms with Crippen LogP contribution in [0.25, 0.3) is 11.2 Å². The first kappa shape index (κ1) is 11.0. The van der Waals surface area contributed by atoms with Gasteiger partial charge < -0.3 is 0 Å². The Morgan fingerprint density at radius 3 is 2.94 bits per heavy atom. The van der Waals surface area contributed by atoms with Gasteiger partial charge in [0.2, 0.25) is 5.28 Å². The highest BCUT2D eigenvalue weighted by atomic mass is 35.5. The Morgan fingerprint density at radius 1 is 1.28 bits per heavy atom. The Bertz CT molecular complexity index is 680. The molecule has 0 saturated heterocycles. The fraction of sp³-hybridized carbons (Fsp3) is 0.182. The zero-order chi connectivity index (χ0) is 12.5. The lowest BCUT2D eigenvalue weighted by Gasteiger charge is -2.10. The molecule has 0 aliphatic heterocycles. The molecule has 0 aromatic carbocycles. The smallest absolute Gasteiger partial charge is 0.224 e. The second-order valence-corrected chi connectivity index (χ2v) is 4.15. The van der Waals surface area contributed by atoms with E-state index in [0.29, 0.717) is 11.2 Å². The number of aromatic nitrogens is 6. The standard InChI is InChI=1S/C11H9ClN6/c1-7(8-4-2-3-5-13-8)18-10-9(16-17-18)6-14-11(12)15-10/h2-7H,1H3/t7-/m1/s1. The van der Waals surface area contributed by atoms with E-state index >= 15 is 0 Å². The van der Waals surface area contributed by atoms with Gasteiger partial charge in [-0.2, -0.15) is 4.98 Å². The number of pyridine rings is 1. The van der Waals surface area contributed by atoms with Crippen LogP contribution in [0.15, 0.2) is 30.6 Å². The van der Waals surface area contributed by atoms with E-state index in [9.17, 15) is 0 Å². The molecule has 0 saturated carbocycles. The molecule has 3 aromatic rings. The summed E-state index contributed by atoms with van der Waals surface area (Å²) in [5, 5.41) is 8.27. The van der Waals surface area contributed by atoms with Crippen molar-refractivity contribution in [3.05, 3.63) is 41.6 Å². The topological polar surface area (TPSA) is 69.4 Å². The van der Waals surface area contributed by atoms with E-state index in [2.05, 4.69) is 25.3 Å². The van der Waals surface area contributed by atoms with E-state index in [1.165, 1.54) is 0 Å². The molecule has 18 heavy (non-hydrogen) atoms. The average molecular weight is 261 g/mol. The first-order valence-electron chi connectivity index (χ1n) is 5.40. The normalized spacial score (nSPS) is 12.8. The summed E-state index contributed by atoms with van der Waals surface area (Å²) in [4.78, 5) is 12.3. The summed E-state index contributed by atoms with van der Waals surface area (Å²) in [5.74, 6) is 0. The van der Waals surface area contributed by atoms with E-state index in [-0.39, 0.29) is 11.3 Å². The summed E-state index contributed by atoms with van der Waals surface area (Å²) >= 11 is 5.79. The summed E-state index contributed by atoms with van der Waals surface area (Å²) < 4.78 is 1.69. The summed E-state index contributed by atoms with van der Waals surface area (Å²) in [7, 11) is 0. The quantitative estimate of drug-likeness (QED) is 0.658. The molecule has 0 spiro atoms. The molecule has 0 unspecified atom stereocenters. The predicted octanol–water partition coefficient (Wildman–Crippen LogP) is 1.88.